The smallest absolute Gasteiger partial charge is 0.255 e. The number of nitrogens with zero attached hydrogens (tertiary/aromatic N) is 3. The molecule has 3 fully saturated rings. The van der Waals surface area contributed by atoms with Crippen LogP contribution in [0.15, 0.2) is 6.07 Å². The summed E-state index contributed by atoms with van der Waals surface area (Å²) >= 11 is 0. The first-order valence-corrected chi connectivity index (χ1v) is 9.89. The summed E-state index contributed by atoms with van der Waals surface area (Å²) in [4.78, 5) is 17.9. The Labute approximate surface area is 150 Å². The van der Waals surface area contributed by atoms with Gasteiger partial charge in [-0.05, 0) is 38.7 Å². The molecule has 0 spiro atoms. The summed E-state index contributed by atoms with van der Waals surface area (Å²) in [6.45, 7) is 11.9. The highest BCUT2D eigenvalue weighted by Gasteiger charge is 2.39. The molecule has 0 N–H and O–H groups in total. The monoisotopic (exact) mass is 345 g/mol. The molecule has 0 unspecified atom stereocenters. The highest BCUT2D eigenvalue weighted by molar-refractivity contribution is 5.96. The molecule has 2 saturated heterocycles. The highest BCUT2D eigenvalue weighted by atomic mass is 16.5. The standard InChI is InChI=1S/C20H31N3O2/c1-4-16-12-22(13-19(16)21-7-9-25-10-8-21)20(24)18-11-14(2)23(15(18)3)17-5-6-17/h11,16-17,19H,4-10,12-13H2,1-3H3/t16-,19+/m0/s1. The predicted molar refractivity (Wildman–Crippen MR) is 98.0 cm³/mol. The summed E-state index contributed by atoms with van der Waals surface area (Å²) in [5, 5.41) is 0. The van der Waals surface area contributed by atoms with Crippen LogP contribution in [0.4, 0.5) is 0 Å². The predicted octanol–water partition coefficient (Wildman–Crippen LogP) is 2.62. The van der Waals surface area contributed by atoms with Gasteiger partial charge in [0, 0.05) is 49.7 Å². The molecule has 4 rings (SSSR count). The maximum atomic E-state index is 13.2. The summed E-state index contributed by atoms with van der Waals surface area (Å²) in [5.41, 5.74) is 3.31. The van der Waals surface area contributed by atoms with Gasteiger partial charge in [-0.2, -0.15) is 0 Å². The van der Waals surface area contributed by atoms with Crippen molar-refractivity contribution in [1.29, 1.82) is 0 Å². The third kappa shape index (κ3) is 3.13. The maximum absolute atomic E-state index is 13.2. The van der Waals surface area contributed by atoms with E-state index in [0.717, 1.165) is 57.1 Å². The minimum atomic E-state index is 0.231. The lowest BCUT2D eigenvalue weighted by molar-refractivity contribution is 0.0103. The van der Waals surface area contributed by atoms with Crippen LogP contribution >= 0.6 is 0 Å². The number of carbonyl (C=O) groups is 1. The number of hydrogen-bond donors (Lipinski definition) is 0. The second-order valence-electron chi connectivity index (χ2n) is 7.98. The maximum Gasteiger partial charge on any atom is 0.255 e. The lowest BCUT2D eigenvalue weighted by Crippen LogP contribution is -2.47. The molecule has 3 aliphatic rings. The Bertz CT molecular complexity index is 644. The summed E-state index contributed by atoms with van der Waals surface area (Å²) in [6, 6.07) is 3.23. The molecule has 138 valence electrons. The van der Waals surface area contributed by atoms with Gasteiger partial charge in [-0.15, -0.1) is 0 Å². The lowest BCUT2D eigenvalue weighted by atomic mass is 9.99. The first-order chi connectivity index (χ1) is 12.1. The van der Waals surface area contributed by atoms with Gasteiger partial charge in [-0.25, -0.2) is 0 Å². The second-order valence-corrected chi connectivity index (χ2v) is 7.98. The van der Waals surface area contributed by atoms with Crippen LogP contribution in [0.25, 0.3) is 0 Å². The van der Waals surface area contributed by atoms with Crippen LogP contribution in [0.2, 0.25) is 0 Å². The van der Waals surface area contributed by atoms with Crippen LogP contribution in [-0.2, 0) is 4.74 Å². The number of hydrogen-bond acceptors (Lipinski definition) is 3. The molecule has 0 aromatic carbocycles. The van der Waals surface area contributed by atoms with Crippen LogP contribution in [0.1, 0.15) is 54.0 Å². The van der Waals surface area contributed by atoms with Crippen molar-refractivity contribution >= 4 is 5.91 Å². The molecule has 0 radical (unpaired) electrons. The van der Waals surface area contributed by atoms with Crippen molar-refractivity contribution in [2.24, 2.45) is 5.92 Å². The van der Waals surface area contributed by atoms with Crippen molar-refractivity contribution in [3.05, 3.63) is 23.0 Å². The zero-order chi connectivity index (χ0) is 17.6. The van der Waals surface area contributed by atoms with Crippen molar-refractivity contribution in [2.75, 3.05) is 39.4 Å². The van der Waals surface area contributed by atoms with E-state index < -0.39 is 0 Å². The molecule has 0 bridgehead atoms. The summed E-state index contributed by atoms with van der Waals surface area (Å²) in [7, 11) is 0. The van der Waals surface area contributed by atoms with Gasteiger partial charge in [0.15, 0.2) is 0 Å². The summed E-state index contributed by atoms with van der Waals surface area (Å²) < 4.78 is 7.88. The number of amides is 1. The fourth-order valence-corrected chi connectivity index (χ4v) is 4.80. The van der Waals surface area contributed by atoms with Crippen LogP contribution in [-0.4, -0.2) is 65.7 Å². The molecule has 2 atom stereocenters. The molecule has 1 aromatic rings. The summed E-state index contributed by atoms with van der Waals surface area (Å²) in [5.74, 6) is 0.809. The van der Waals surface area contributed by atoms with Gasteiger partial charge in [0.1, 0.15) is 0 Å². The van der Waals surface area contributed by atoms with E-state index in [9.17, 15) is 4.79 Å². The lowest BCUT2D eigenvalue weighted by Gasteiger charge is -2.34. The van der Waals surface area contributed by atoms with Gasteiger partial charge in [0.25, 0.3) is 5.91 Å². The Kier molecular flexibility index (Phi) is 4.63. The van der Waals surface area contributed by atoms with Crippen molar-refractivity contribution in [2.45, 2.75) is 52.1 Å². The van der Waals surface area contributed by atoms with E-state index >= 15 is 0 Å². The van der Waals surface area contributed by atoms with Gasteiger partial charge in [0.2, 0.25) is 0 Å². The number of ether oxygens (including phenoxy) is 1. The molecule has 25 heavy (non-hydrogen) atoms. The first-order valence-electron chi connectivity index (χ1n) is 9.89. The minimum Gasteiger partial charge on any atom is -0.379 e. The molecule has 1 amide bonds. The number of morpholine rings is 1. The fraction of sp³-hybridized carbons (Fsp3) is 0.750. The number of carbonyl (C=O) groups excluding carboxylic acids is 1. The van der Waals surface area contributed by atoms with E-state index in [1.807, 2.05) is 0 Å². The molecule has 5 nitrogen and oxygen atoms in total. The number of aromatic nitrogens is 1. The Morgan fingerprint density at radius 1 is 1.20 bits per heavy atom. The average molecular weight is 345 g/mol. The van der Waals surface area contributed by atoms with Crippen molar-refractivity contribution in [3.63, 3.8) is 0 Å². The van der Waals surface area contributed by atoms with E-state index in [1.54, 1.807) is 0 Å². The van der Waals surface area contributed by atoms with E-state index in [0.29, 0.717) is 18.0 Å². The van der Waals surface area contributed by atoms with E-state index in [-0.39, 0.29) is 5.91 Å². The SMILES string of the molecule is CC[C@H]1CN(C(=O)c2cc(C)n(C3CC3)c2C)C[C@H]1N1CCOCC1. The topological polar surface area (TPSA) is 37.7 Å². The zero-order valence-corrected chi connectivity index (χ0v) is 15.8. The first kappa shape index (κ1) is 17.1. The third-order valence-electron chi connectivity index (χ3n) is 6.36. The molecule has 1 saturated carbocycles. The Morgan fingerprint density at radius 3 is 2.56 bits per heavy atom. The second kappa shape index (κ2) is 6.76. The van der Waals surface area contributed by atoms with Crippen LogP contribution in [0.3, 0.4) is 0 Å². The minimum absolute atomic E-state index is 0.231. The van der Waals surface area contributed by atoms with E-state index in [4.69, 9.17) is 4.74 Å². The molecular formula is C20H31N3O2. The van der Waals surface area contributed by atoms with Crippen molar-refractivity contribution in [1.82, 2.24) is 14.4 Å². The molecule has 3 heterocycles. The van der Waals surface area contributed by atoms with Crippen LogP contribution in [0.5, 0.6) is 0 Å². The Balaban J connectivity index is 1.52. The van der Waals surface area contributed by atoms with Gasteiger partial charge >= 0.3 is 0 Å². The average Bonchev–Trinajstić information content (AvgIpc) is 3.28. The van der Waals surface area contributed by atoms with Gasteiger partial charge < -0.3 is 14.2 Å². The molecule has 1 aliphatic carbocycles. The molecule has 5 heteroatoms. The largest absolute Gasteiger partial charge is 0.379 e. The zero-order valence-electron chi connectivity index (χ0n) is 15.8. The number of aryl methyl sites for hydroxylation is 1. The Hall–Kier alpha value is -1.33. The number of rotatable bonds is 4. The van der Waals surface area contributed by atoms with Gasteiger partial charge in [-0.3, -0.25) is 9.69 Å². The molecule has 1 aromatic heterocycles. The van der Waals surface area contributed by atoms with Gasteiger partial charge in [-0.1, -0.05) is 13.3 Å². The van der Waals surface area contributed by atoms with Crippen LogP contribution < -0.4 is 0 Å². The number of likely N-dealkylation sites (tertiary alicyclic amines) is 1. The van der Waals surface area contributed by atoms with Gasteiger partial charge in [0.05, 0.1) is 18.8 Å². The fourth-order valence-electron chi connectivity index (χ4n) is 4.80. The normalized spacial score (nSPS) is 27.9. The summed E-state index contributed by atoms with van der Waals surface area (Å²) in [6.07, 6.45) is 3.64. The van der Waals surface area contributed by atoms with Crippen molar-refractivity contribution < 1.29 is 9.53 Å². The molecule has 2 aliphatic heterocycles. The third-order valence-corrected chi connectivity index (χ3v) is 6.36. The quantitative estimate of drug-likeness (QED) is 0.842. The molecular weight excluding hydrogens is 314 g/mol. The van der Waals surface area contributed by atoms with E-state index in [1.165, 1.54) is 18.5 Å². The Morgan fingerprint density at radius 2 is 1.92 bits per heavy atom. The van der Waals surface area contributed by atoms with Crippen LogP contribution in [0, 0.1) is 19.8 Å². The van der Waals surface area contributed by atoms with Crippen molar-refractivity contribution in [3.8, 4) is 0 Å². The van der Waals surface area contributed by atoms with E-state index in [2.05, 4.69) is 41.2 Å². The highest BCUT2D eigenvalue weighted by Crippen LogP contribution is 2.39.